The molecule has 0 aromatic rings. The molecular formula is C10H10O2. The minimum Gasteiger partial charge on any atom is -0.299 e. The molecule has 62 valence electrons. The lowest BCUT2D eigenvalue weighted by Gasteiger charge is -2.16. The van der Waals surface area contributed by atoms with E-state index in [-0.39, 0.29) is 29.8 Å². The first-order chi connectivity index (χ1) is 5.77. The fraction of sp³-hybridized carbons (Fsp3) is 0.600. The van der Waals surface area contributed by atoms with Crippen LogP contribution >= 0.6 is 0 Å². The standard InChI is InChI=1S/C10H10O2/c11-7-4-8(12)10-6-2-1-5(3-6)9(7)10/h1-2,5-6,9-10H,3-4H2/t5?,6?,9-,10+. The summed E-state index contributed by atoms with van der Waals surface area (Å²) in [6, 6.07) is 0. The zero-order chi connectivity index (χ0) is 8.29. The average molecular weight is 162 g/mol. The lowest BCUT2D eigenvalue weighted by Crippen LogP contribution is -2.21. The minimum atomic E-state index is 0.0764. The highest BCUT2D eigenvalue weighted by atomic mass is 16.2. The van der Waals surface area contributed by atoms with Gasteiger partial charge in [0.25, 0.3) is 0 Å². The largest absolute Gasteiger partial charge is 0.299 e. The Hall–Kier alpha value is -0.920. The summed E-state index contributed by atoms with van der Waals surface area (Å²) < 4.78 is 0. The molecule has 0 radical (unpaired) electrons. The fourth-order valence-electron chi connectivity index (χ4n) is 3.11. The summed E-state index contributed by atoms with van der Waals surface area (Å²) in [5.74, 6) is 1.35. The Morgan fingerprint density at radius 1 is 1.00 bits per heavy atom. The van der Waals surface area contributed by atoms with Crippen molar-refractivity contribution in [1.82, 2.24) is 0 Å². The maximum Gasteiger partial charge on any atom is 0.144 e. The van der Waals surface area contributed by atoms with Gasteiger partial charge in [-0.1, -0.05) is 12.2 Å². The fourth-order valence-corrected chi connectivity index (χ4v) is 3.11. The van der Waals surface area contributed by atoms with Crippen LogP contribution in [0.15, 0.2) is 12.2 Å². The summed E-state index contributed by atoms with van der Waals surface area (Å²) in [5, 5.41) is 0. The van der Waals surface area contributed by atoms with Gasteiger partial charge in [0, 0.05) is 11.8 Å². The molecule has 0 N–H and O–H groups in total. The second kappa shape index (κ2) is 1.87. The Kier molecular flexibility index (Phi) is 1.03. The smallest absolute Gasteiger partial charge is 0.144 e. The van der Waals surface area contributed by atoms with Crippen molar-refractivity contribution < 1.29 is 9.59 Å². The van der Waals surface area contributed by atoms with Gasteiger partial charge in [-0.15, -0.1) is 0 Å². The molecule has 3 rings (SSSR count). The van der Waals surface area contributed by atoms with E-state index in [1.54, 1.807) is 0 Å². The highest BCUT2D eigenvalue weighted by molar-refractivity contribution is 6.09. The Balaban J connectivity index is 2.08. The molecule has 0 heterocycles. The van der Waals surface area contributed by atoms with Gasteiger partial charge >= 0.3 is 0 Å². The van der Waals surface area contributed by atoms with Crippen LogP contribution in [0.2, 0.25) is 0 Å². The van der Waals surface area contributed by atoms with Crippen LogP contribution in [0.3, 0.4) is 0 Å². The van der Waals surface area contributed by atoms with E-state index in [1.165, 1.54) is 0 Å². The zero-order valence-corrected chi connectivity index (χ0v) is 6.69. The predicted octanol–water partition coefficient (Wildman–Crippen LogP) is 0.967. The van der Waals surface area contributed by atoms with Gasteiger partial charge in [-0.25, -0.2) is 0 Å². The van der Waals surface area contributed by atoms with E-state index in [1.807, 2.05) is 0 Å². The monoisotopic (exact) mass is 162 g/mol. The van der Waals surface area contributed by atoms with E-state index in [2.05, 4.69) is 12.2 Å². The first-order valence-corrected chi connectivity index (χ1v) is 4.51. The molecule has 3 aliphatic rings. The Morgan fingerprint density at radius 3 is 2.00 bits per heavy atom. The molecule has 3 aliphatic carbocycles. The highest BCUT2D eigenvalue weighted by Crippen LogP contribution is 2.52. The van der Waals surface area contributed by atoms with Crippen molar-refractivity contribution in [2.45, 2.75) is 12.8 Å². The van der Waals surface area contributed by atoms with Crippen LogP contribution in [-0.4, -0.2) is 11.6 Å². The van der Waals surface area contributed by atoms with E-state index in [4.69, 9.17) is 0 Å². The topological polar surface area (TPSA) is 34.1 Å². The SMILES string of the molecule is O=C1CC(=O)[C@H]2C3C=CC(C3)[C@@H]12. The zero-order valence-electron chi connectivity index (χ0n) is 6.69. The molecule has 0 aliphatic heterocycles. The third-order valence-electron chi connectivity index (χ3n) is 3.55. The van der Waals surface area contributed by atoms with Crippen LogP contribution in [0.4, 0.5) is 0 Å². The first kappa shape index (κ1) is 6.58. The second-order valence-corrected chi connectivity index (χ2v) is 4.11. The van der Waals surface area contributed by atoms with Crippen molar-refractivity contribution in [3.63, 3.8) is 0 Å². The molecule has 2 saturated carbocycles. The first-order valence-electron chi connectivity index (χ1n) is 4.51. The van der Waals surface area contributed by atoms with Crippen LogP contribution in [-0.2, 0) is 9.59 Å². The van der Waals surface area contributed by atoms with Gasteiger partial charge in [-0.2, -0.15) is 0 Å². The number of ketones is 2. The van der Waals surface area contributed by atoms with Gasteiger partial charge < -0.3 is 0 Å². The summed E-state index contributed by atoms with van der Waals surface area (Å²) in [6.45, 7) is 0. The quantitative estimate of drug-likeness (QED) is 0.393. The molecular weight excluding hydrogens is 152 g/mol. The number of Topliss-reactive ketones (excluding diaryl/α,β-unsaturated/α-hetero) is 2. The average Bonchev–Trinajstić information content (AvgIpc) is 2.64. The van der Waals surface area contributed by atoms with E-state index in [0.29, 0.717) is 11.8 Å². The number of hydrogen-bond donors (Lipinski definition) is 0. The Bertz CT molecular complexity index is 275. The number of allylic oxidation sites excluding steroid dienone is 2. The van der Waals surface area contributed by atoms with Crippen LogP contribution in [0.25, 0.3) is 0 Å². The summed E-state index contributed by atoms with van der Waals surface area (Å²) in [7, 11) is 0. The van der Waals surface area contributed by atoms with Crippen molar-refractivity contribution in [2.24, 2.45) is 23.7 Å². The molecule has 0 aromatic heterocycles. The van der Waals surface area contributed by atoms with Crippen molar-refractivity contribution in [3.05, 3.63) is 12.2 Å². The van der Waals surface area contributed by atoms with E-state index >= 15 is 0 Å². The minimum absolute atomic E-state index is 0.0764. The normalized spacial score (nSPS) is 49.0. The van der Waals surface area contributed by atoms with Crippen molar-refractivity contribution >= 4 is 11.6 Å². The van der Waals surface area contributed by atoms with Gasteiger partial charge in [-0.05, 0) is 18.3 Å². The van der Waals surface area contributed by atoms with Gasteiger partial charge in [0.15, 0.2) is 0 Å². The van der Waals surface area contributed by atoms with Crippen molar-refractivity contribution in [1.29, 1.82) is 0 Å². The molecule has 0 saturated heterocycles. The molecule has 2 heteroatoms. The lowest BCUT2D eigenvalue weighted by atomic mass is 9.85. The molecule has 4 atom stereocenters. The molecule has 2 fully saturated rings. The number of carbonyl (C=O) groups is 2. The predicted molar refractivity (Wildman–Crippen MR) is 42.3 cm³/mol. The van der Waals surface area contributed by atoms with Gasteiger partial charge in [0.2, 0.25) is 0 Å². The second-order valence-electron chi connectivity index (χ2n) is 4.11. The van der Waals surface area contributed by atoms with Crippen LogP contribution < -0.4 is 0 Å². The summed E-state index contributed by atoms with van der Waals surface area (Å²) >= 11 is 0. The number of hydrogen-bond acceptors (Lipinski definition) is 2. The molecule has 0 amide bonds. The third-order valence-corrected chi connectivity index (χ3v) is 3.55. The summed E-state index contributed by atoms with van der Waals surface area (Å²) in [4.78, 5) is 22.8. The highest BCUT2D eigenvalue weighted by Gasteiger charge is 2.55. The summed E-state index contributed by atoms with van der Waals surface area (Å²) in [6.07, 6.45) is 5.52. The number of carbonyl (C=O) groups excluding carboxylic acids is 2. The maximum absolute atomic E-state index is 11.4. The molecule has 2 nitrogen and oxygen atoms in total. The van der Waals surface area contributed by atoms with Crippen LogP contribution in [0.1, 0.15) is 12.8 Å². The van der Waals surface area contributed by atoms with Crippen LogP contribution in [0, 0.1) is 23.7 Å². The van der Waals surface area contributed by atoms with Crippen molar-refractivity contribution in [3.8, 4) is 0 Å². The molecule has 2 bridgehead atoms. The number of rotatable bonds is 0. The van der Waals surface area contributed by atoms with E-state index in [0.717, 1.165) is 6.42 Å². The molecule has 0 aromatic carbocycles. The van der Waals surface area contributed by atoms with E-state index < -0.39 is 0 Å². The van der Waals surface area contributed by atoms with Crippen molar-refractivity contribution in [2.75, 3.05) is 0 Å². The third kappa shape index (κ3) is 0.576. The van der Waals surface area contributed by atoms with E-state index in [9.17, 15) is 9.59 Å². The van der Waals surface area contributed by atoms with Gasteiger partial charge in [0.05, 0.1) is 6.42 Å². The van der Waals surface area contributed by atoms with Crippen LogP contribution in [0.5, 0.6) is 0 Å². The number of fused-ring (bicyclic) bond motifs is 5. The Labute approximate surface area is 70.6 Å². The summed E-state index contributed by atoms with van der Waals surface area (Å²) in [5.41, 5.74) is 0. The molecule has 2 unspecified atom stereocenters. The molecule has 12 heavy (non-hydrogen) atoms. The van der Waals surface area contributed by atoms with Gasteiger partial charge in [-0.3, -0.25) is 9.59 Å². The van der Waals surface area contributed by atoms with Gasteiger partial charge in [0.1, 0.15) is 11.6 Å². The maximum atomic E-state index is 11.4. The lowest BCUT2D eigenvalue weighted by molar-refractivity contribution is -0.123. The molecule has 0 spiro atoms. The Morgan fingerprint density at radius 2 is 1.50 bits per heavy atom.